The number of unbranched alkanes of at least 4 members (excludes halogenated alkanes) is 3. The van der Waals surface area contributed by atoms with Crippen LogP contribution in [0.1, 0.15) is 102 Å². The second kappa shape index (κ2) is 32.4. The van der Waals surface area contributed by atoms with Gasteiger partial charge in [-0.3, -0.25) is 33.6 Å². The number of phenols is 1. The summed E-state index contributed by atoms with van der Waals surface area (Å²) in [5, 5.41) is 103. The second-order valence-corrected chi connectivity index (χ2v) is 23.8. The summed E-state index contributed by atoms with van der Waals surface area (Å²) in [6, 6.07) is 15.3. The van der Waals surface area contributed by atoms with Gasteiger partial charge in [-0.1, -0.05) is 101 Å². The monoisotopic (exact) mass is 1250 g/mol. The number of aliphatic hydroxyl groups is 7. The van der Waals surface area contributed by atoms with Crippen molar-refractivity contribution in [2.75, 3.05) is 46.4 Å². The molecule has 13 N–H and O–H groups in total. The average Bonchev–Trinajstić information content (AvgIpc) is 1.64. The first-order chi connectivity index (χ1) is 42.9. The molecule has 0 unspecified atom stereocenters. The van der Waals surface area contributed by atoms with E-state index in [1.54, 1.807) is 12.1 Å². The number of benzene rings is 4. The molecule has 3 aliphatic rings. The summed E-state index contributed by atoms with van der Waals surface area (Å²) in [4.78, 5) is 106. The van der Waals surface area contributed by atoms with Crippen molar-refractivity contribution in [2.24, 2.45) is 5.92 Å². The molecule has 3 heterocycles. The molecule has 3 saturated heterocycles. The minimum Gasteiger partial charge on any atom is -0.508 e. The normalized spacial score (nSPS) is 26.2. The van der Waals surface area contributed by atoms with Gasteiger partial charge in [0.2, 0.25) is 35.4 Å². The zero-order chi connectivity index (χ0) is 65.5. The van der Waals surface area contributed by atoms with Crippen molar-refractivity contribution in [2.45, 2.75) is 165 Å². The van der Waals surface area contributed by atoms with Crippen LogP contribution in [0.4, 0.5) is 0 Å². The van der Waals surface area contributed by atoms with E-state index in [9.17, 15) is 74.4 Å². The Kier molecular flexibility index (Phi) is 25.2. The highest BCUT2D eigenvalue weighted by atomic mass is 16.5. The van der Waals surface area contributed by atoms with Gasteiger partial charge in [-0.25, -0.2) is 0 Å². The lowest BCUT2D eigenvalue weighted by atomic mass is 9.96. The maximum absolute atomic E-state index is 14.9. The van der Waals surface area contributed by atoms with Crippen LogP contribution in [0.2, 0.25) is 0 Å². The fraction of sp³-hybridized carbons (Fsp3) is 0.523. The van der Waals surface area contributed by atoms with Gasteiger partial charge < -0.3 is 91.6 Å². The molecule has 0 radical (unpaired) electrons. The highest BCUT2D eigenvalue weighted by molar-refractivity contribution is 6.00. The number of aromatic hydroxyl groups is 1. The lowest BCUT2D eigenvalue weighted by Gasteiger charge is -2.34. The van der Waals surface area contributed by atoms with E-state index in [4.69, 9.17) is 9.47 Å². The van der Waals surface area contributed by atoms with Crippen molar-refractivity contribution in [3.8, 4) is 33.8 Å². The third kappa shape index (κ3) is 17.9. The number of rotatable bonds is 21. The van der Waals surface area contributed by atoms with Crippen LogP contribution in [0, 0.1) is 5.92 Å². The first-order valence-corrected chi connectivity index (χ1v) is 30.8. The summed E-state index contributed by atoms with van der Waals surface area (Å²) in [6.07, 6.45) is -10.9. The van der Waals surface area contributed by atoms with Gasteiger partial charge in [0.05, 0.1) is 37.6 Å². The van der Waals surface area contributed by atoms with Gasteiger partial charge in [0.25, 0.3) is 5.91 Å². The number of fused-ring (bicyclic) bond motifs is 2. The number of hydrogen-bond donors (Lipinski definition) is 13. The summed E-state index contributed by atoms with van der Waals surface area (Å²) >= 11 is 0. The highest BCUT2D eigenvalue weighted by Crippen LogP contribution is 2.30. The number of carbonyl (C=O) groups excluding carboxylic acids is 7. The van der Waals surface area contributed by atoms with E-state index in [1.807, 2.05) is 67.4 Å². The SMILES string of the molecule is CCCCCOc1ccc(-c2ccc(-c3ccc(C(=O)N[C@@H]4C[C@@H](O)[C@@H](OCCN(C)CCCC)NC(=O)[C@@H]5[C@@H](O)[C@@H](C)CN5C(=O)[C@H]([C@H](C)O)NC(=O)[C@H]([C@H](O)[C@@H](O)c5ccc(O)cc5)NC(=O)[C@@H]5C[C@@H](O)CN5C(=O)[C@H]([C@H](C)O)NC4=O)cc3)cc2)cc1. The Morgan fingerprint density at radius 1 is 0.633 bits per heavy atom. The van der Waals surface area contributed by atoms with Crippen molar-refractivity contribution in [1.82, 2.24) is 41.3 Å². The molecule has 90 heavy (non-hydrogen) atoms. The lowest BCUT2D eigenvalue weighted by molar-refractivity contribution is -0.149. The zero-order valence-corrected chi connectivity index (χ0v) is 51.7. The quantitative estimate of drug-likeness (QED) is 0.0514. The van der Waals surface area contributed by atoms with Crippen molar-refractivity contribution in [3.05, 3.63) is 108 Å². The summed E-state index contributed by atoms with van der Waals surface area (Å²) in [6.45, 7) is 8.45. The maximum Gasteiger partial charge on any atom is 0.251 e. The molecular weight excluding hydrogens is 1160 g/mol. The van der Waals surface area contributed by atoms with Crippen molar-refractivity contribution in [3.63, 3.8) is 0 Å². The molecule has 25 heteroatoms. The van der Waals surface area contributed by atoms with E-state index in [2.05, 4.69) is 33.5 Å². The Bertz CT molecular complexity index is 3050. The molecule has 0 saturated carbocycles. The topological polar surface area (TPSA) is 370 Å². The molecule has 3 fully saturated rings. The molecule has 490 valence electrons. The molecule has 7 rings (SSSR count). The van der Waals surface area contributed by atoms with E-state index in [0.29, 0.717) is 13.2 Å². The number of hydrogen-bond acceptors (Lipinski definition) is 18. The average molecular weight is 1250 g/mol. The molecule has 0 aliphatic carbocycles. The number of phenolic OH excluding ortho intramolecular Hbond substituents is 1. The molecule has 7 amide bonds. The van der Waals surface area contributed by atoms with Gasteiger partial charge >= 0.3 is 0 Å². The largest absolute Gasteiger partial charge is 0.508 e. The molecule has 3 aliphatic heterocycles. The number of carbonyl (C=O) groups is 7. The van der Waals surface area contributed by atoms with Crippen LogP contribution in [0.3, 0.4) is 0 Å². The third-order valence-corrected chi connectivity index (χ3v) is 16.7. The van der Waals surface area contributed by atoms with E-state index >= 15 is 0 Å². The van der Waals surface area contributed by atoms with Gasteiger partial charge in [0.15, 0.2) is 6.23 Å². The van der Waals surface area contributed by atoms with E-state index in [0.717, 1.165) is 83.8 Å². The molecule has 0 aromatic heterocycles. The fourth-order valence-corrected chi connectivity index (χ4v) is 11.2. The van der Waals surface area contributed by atoms with Gasteiger partial charge in [-0.15, -0.1) is 0 Å². The van der Waals surface area contributed by atoms with E-state index in [-0.39, 0.29) is 36.6 Å². The Hall–Kier alpha value is -7.59. The lowest BCUT2D eigenvalue weighted by Crippen LogP contribution is -2.64. The maximum atomic E-state index is 14.9. The van der Waals surface area contributed by atoms with Crippen LogP contribution in [-0.4, -0.2) is 222 Å². The third-order valence-electron chi connectivity index (χ3n) is 16.7. The van der Waals surface area contributed by atoms with E-state index < -0.39 is 152 Å². The fourth-order valence-electron chi connectivity index (χ4n) is 11.2. The van der Waals surface area contributed by atoms with Crippen LogP contribution >= 0.6 is 0 Å². The molecule has 25 nitrogen and oxygen atoms in total. The smallest absolute Gasteiger partial charge is 0.251 e. The Labute approximate surface area is 523 Å². The molecule has 4 aromatic carbocycles. The minimum atomic E-state index is -2.29. The molecule has 15 atom stereocenters. The summed E-state index contributed by atoms with van der Waals surface area (Å²) < 4.78 is 12.0. The number of aliphatic hydroxyl groups excluding tert-OH is 7. The molecule has 0 spiro atoms. The predicted octanol–water partition coefficient (Wildman–Crippen LogP) is 0.829. The van der Waals surface area contributed by atoms with Gasteiger partial charge in [0, 0.05) is 44.0 Å². The number of nitrogens with zero attached hydrogens (tertiary/aromatic N) is 3. The van der Waals surface area contributed by atoms with Crippen molar-refractivity contribution < 1.29 is 83.9 Å². The molecular formula is C65H88N8O17. The number of amides is 7. The van der Waals surface area contributed by atoms with Crippen LogP contribution in [0.5, 0.6) is 11.5 Å². The van der Waals surface area contributed by atoms with Gasteiger partial charge in [-0.05, 0) is 104 Å². The summed E-state index contributed by atoms with van der Waals surface area (Å²) in [5.41, 5.74) is 3.48. The number of likely N-dealkylation sites (N-methyl/N-ethyl adjacent to an activating group) is 1. The Morgan fingerprint density at radius 3 is 1.76 bits per heavy atom. The molecule has 0 bridgehead atoms. The van der Waals surface area contributed by atoms with E-state index in [1.165, 1.54) is 43.3 Å². The Balaban J connectivity index is 1.23. The first kappa shape index (κ1) is 69.9. The standard InChI is InChI=1S/C65H88N8O17/c1-7-9-11-30-89-47-26-22-42(23-27-47)40-14-12-39(13-15-40)41-16-18-44(19-17-41)58(82)66-48-33-50(78)63(90-31-29-71(6)28-10-8-2)70-62(86)54-55(79)36(3)34-73(54)65(88)52(38(5)75)68-61(85)53(57(81)56(80)43-20-24-45(76)25-21-43)69-60(84)49-32-46(77)35-72(49)64(87)51(37(4)74)67-59(48)83/h12-27,36-38,46,48-57,63,74-81H,7-11,28-35H2,1-6H3,(H,66,82)(H,67,83)(H,68,85)(H,69,84)(H,70,86)/t36-,37-,38-,46+,48+,49-,50+,51-,52-,53-,54-,55-,56-,57-,63+/m0/s1. The number of ether oxygens (including phenoxy) is 2. The van der Waals surface area contributed by atoms with Crippen LogP contribution in [0.25, 0.3) is 22.3 Å². The first-order valence-electron chi connectivity index (χ1n) is 30.8. The predicted molar refractivity (Wildman–Crippen MR) is 330 cm³/mol. The number of nitrogens with one attached hydrogen (secondary N) is 5. The molecule has 4 aromatic rings. The van der Waals surface area contributed by atoms with Gasteiger partial charge in [0.1, 0.15) is 66.1 Å². The summed E-state index contributed by atoms with van der Waals surface area (Å²) in [7, 11) is 1.82. The highest BCUT2D eigenvalue weighted by Gasteiger charge is 2.50. The summed E-state index contributed by atoms with van der Waals surface area (Å²) in [5.74, 6) is -8.23. The van der Waals surface area contributed by atoms with Crippen LogP contribution < -0.4 is 31.3 Å². The van der Waals surface area contributed by atoms with Gasteiger partial charge in [-0.2, -0.15) is 0 Å². The van der Waals surface area contributed by atoms with Crippen LogP contribution in [0.15, 0.2) is 97.1 Å². The van der Waals surface area contributed by atoms with Crippen molar-refractivity contribution >= 4 is 41.4 Å². The second-order valence-electron chi connectivity index (χ2n) is 23.8. The minimum absolute atomic E-state index is 0.0490. The zero-order valence-electron chi connectivity index (χ0n) is 51.7. The Morgan fingerprint density at radius 2 is 1.18 bits per heavy atom. The van der Waals surface area contributed by atoms with Crippen LogP contribution in [-0.2, 0) is 33.5 Å². The van der Waals surface area contributed by atoms with Crippen molar-refractivity contribution in [1.29, 1.82) is 0 Å².